The Morgan fingerprint density at radius 2 is 1.63 bits per heavy atom. The third kappa shape index (κ3) is 3.49. The van der Waals surface area contributed by atoms with Crippen molar-refractivity contribution in [3.63, 3.8) is 0 Å². The fourth-order valence-electron chi connectivity index (χ4n) is 3.64. The minimum atomic E-state index is -0.803. The summed E-state index contributed by atoms with van der Waals surface area (Å²) in [7, 11) is 0. The first-order chi connectivity index (χ1) is 14.4. The van der Waals surface area contributed by atoms with Crippen LogP contribution in [0.25, 0.3) is 5.76 Å². The predicted molar refractivity (Wildman–Crippen MR) is 119 cm³/mol. The SMILES string of the molecule is Cc1cccc(C2/C(=C(\O)c3ccccc3)C(=O)C(=O)N2c2ccc(Cl)c(Cl)c2)c1. The van der Waals surface area contributed by atoms with Crippen molar-refractivity contribution >= 4 is 46.3 Å². The molecule has 0 saturated carbocycles. The second kappa shape index (κ2) is 7.98. The molecular weight excluding hydrogens is 421 g/mol. The molecule has 1 unspecified atom stereocenters. The van der Waals surface area contributed by atoms with Crippen molar-refractivity contribution in [2.24, 2.45) is 0 Å². The number of Topliss-reactive ketones (excluding diaryl/α,β-unsaturated/α-hetero) is 1. The highest BCUT2D eigenvalue weighted by molar-refractivity contribution is 6.52. The number of aliphatic hydroxyl groups excluding tert-OH is 1. The van der Waals surface area contributed by atoms with E-state index in [1.54, 1.807) is 42.5 Å². The van der Waals surface area contributed by atoms with Crippen LogP contribution in [0.5, 0.6) is 0 Å². The lowest BCUT2D eigenvalue weighted by Crippen LogP contribution is -2.29. The highest BCUT2D eigenvalue weighted by atomic mass is 35.5. The molecule has 0 aromatic heterocycles. The topological polar surface area (TPSA) is 57.6 Å². The average Bonchev–Trinajstić information content (AvgIpc) is 3.01. The predicted octanol–water partition coefficient (Wildman–Crippen LogP) is 5.93. The molecule has 0 aliphatic carbocycles. The molecular formula is C24H17Cl2NO3. The zero-order valence-corrected chi connectivity index (χ0v) is 17.5. The first kappa shape index (κ1) is 20.2. The molecule has 1 heterocycles. The van der Waals surface area contributed by atoms with Crippen LogP contribution in [-0.2, 0) is 9.59 Å². The van der Waals surface area contributed by atoms with Crippen LogP contribution in [0.4, 0.5) is 5.69 Å². The molecule has 4 nitrogen and oxygen atoms in total. The summed E-state index contributed by atoms with van der Waals surface area (Å²) in [5.41, 5.74) is 2.58. The van der Waals surface area contributed by atoms with E-state index < -0.39 is 17.7 Å². The van der Waals surface area contributed by atoms with Crippen molar-refractivity contribution in [1.29, 1.82) is 0 Å². The quantitative estimate of drug-likeness (QED) is 0.313. The fraction of sp³-hybridized carbons (Fsp3) is 0.0833. The number of aryl methyl sites for hydroxylation is 1. The Morgan fingerprint density at radius 3 is 2.30 bits per heavy atom. The largest absolute Gasteiger partial charge is 0.507 e. The molecule has 1 atom stereocenters. The van der Waals surface area contributed by atoms with Gasteiger partial charge < -0.3 is 5.11 Å². The van der Waals surface area contributed by atoms with E-state index in [4.69, 9.17) is 23.2 Å². The van der Waals surface area contributed by atoms with E-state index >= 15 is 0 Å². The average molecular weight is 438 g/mol. The van der Waals surface area contributed by atoms with Crippen LogP contribution in [0.1, 0.15) is 22.7 Å². The van der Waals surface area contributed by atoms with Crippen LogP contribution >= 0.6 is 23.2 Å². The van der Waals surface area contributed by atoms with Crippen LogP contribution in [0.15, 0.2) is 78.4 Å². The number of carbonyl (C=O) groups excluding carboxylic acids is 2. The summed E-state index contributed by atoms with van der Waals surface area (Å²) in [4.78, 5) is 27.5. The standard InChI is InChI=1S/C24H17Cl2NO3/c1-14-6-5-9-16(12-14)21-20(22(28)15-7-3-2-4-8-15)23(29)24(30)27(21)17-10-11-18(25)19(26)13-17/h2-13,21,28H,1H3/b22-20+. The molecule has 3 aromatic rings. The van der Waals surface area contributed by atoms with Crippen LogP contribution in [0, 0.1) is 6.92 Å². The summed E-state index contributed by atoms with van der Waals surface area (Å²) in [6, 6.07) is 20.1. The number of anilines is 1. The van der Waals surface area contributed by atoms with Gasteiger partial charge >= 0.3 is 0 Å². The normalized spacial score (nSPS) is 18.1. The molecule has 1 saturated heterocycles. The number of halogens is 2. The van der Waals surface area contributed by atoms with Gasteiger partial charge in [0, 0.05) is 11.3 Å². The monoisotopic (exact) mass is 437 g/mol. The number of carbonyl (C=O) groups is 2. The molecule has 1 fully saturated rings. The molecule has 3 aromatic carbocycles. The Labute approximate surface area is 184 Å². The van der Waals surface area contributed by atoms with Gasteiger partial charge in [0.15, 0.2) is 0 Å². The van der Waals surface area contributed by atoms with Gasteiger partial charge in [0.2, 0.25) is 0 Å². The molecule has 150 valence electrons. The number of aliphatic hydroxyl groups is 1. The van der Waals surface area contributed by atoms with E-state index in [2.05, 4.69) is 0 Å². The second-order valence-corrected chi connectivity index (χ2v) is 7.86. The van der Waals surface area contributed by atoms with Crippen LogP contribution < -0.4 is 4.90 Å². The number of hydrogen-bond acceptors (Lipinski definition) is 3. The first-order valence-corrected chi connectivity index (χ1v) is 10.0. The molecule has 0 bridgehead atoms. The van der Waals surface area contributed by atoms with E-state index in [0.29, 0.717) is 21.8 Å². The van der Waals surface area contributed by atoms with Crippen LogP contribution in [0.3, 0.4) is 0 Å². The third-order valence-electron chi connectivity index (χ3n) is 5.03. The number of ketones is 1. The van der Waals surface area contributed by atoms with Crippen molar-refractivity contribution in [2.75, 3.05) is 4.90 Å². The summed E-state index contributed by atoms with van der Waals surface area (Å²) in [6.07, 6.45) is 0. The van der Waals surface area contributed by atoms with Crippen molar-refractivity contribution in [3.8, 4) is 0 Å². The minimum absolute atomic E-state index is 0.0304. The van der Waals surface area contributed by atoms with Gasteiger partial charge in [0.25, 0.3) is 11.7 Å². The maximum Gasteiger partial charge on any atom is 0.300 e. The number of benzene rings is 3. The summed E-state index contributed by atoms with van der Waals surface area (Å²) in [6.45, 7) is 1.92. The maximum atomic E-state index is 13.1. The minimum Gasteiger partial charge on any atom is -0.507 e. The zero-order chi connectivity index (χ0) is 21.4. The van der Waals surface area contributed by atoms with E-state index in [1.165, 1.54) is 4.90 Å². The van der Waals surface area contributed by atoms with Crippen molar-refractivity contribution in [3.05, 3.63) is 105 Å². The van der Waals surface area contributed by atoms with Crippen molar-refractivity contribution in [1.82, 2.24) is 0 Å². The number of amides is 1. The lowest BCUT2D eigenvalue weighted by Gasteiger charge is -2.26. The molecule has 1 aliphatic rings. The van der Waals surface area contributed by atoms with Gasteiger partial charge in [-0.05, 0) is 30.7 Å². The van der Waals surface area contributed by atoms with E-state index in [-0.39, 0.29) is 16.4 Å². The van der Waals surface area contributed by atoms with Crippen molar-refractivity contribution < 1.29 is 14.7 Å². The molecule has 0 spiro atoms. The second-order valence-electron chi connectivity index (χ2n) is 7.05. The summed E-state index contributed by atoms with van der Waals surface area (Å²) < 4.78 is 0. The molecule has 1 aliphatic heterocycles. The molecule has 1 N–H and O–H groups in total. The van der Waals surface area contributed by atoms with Crippen molar-refractivity contribution in [2.45, 2.75) is 13.0 Å². The van der Waals surface area contributed by atoms with Crippen LogP contribution in [-0.4, -0.2) is 16.8 Å². The molecule has 6 heteroatoms. The Morgan fingerprint density at radius 1 is 0.900 bits per heavy atom. The molecule has 30 heavy (non-hydrogen) atoms. The maximum absolute atomic E-state index is 13.1. The van der Waals surface area contributed by atoms with Gasteiger partial charge in [-0.2, -0.15) is 0 Å². The molecule has 0 radical (unpaired) electrons. The number of nitrogens with zero attached hydrogens (tertiary/aromatic N) is 1. The van der Waals surface area contributed by atoms with E-state index in [9.17, 15) is 14.7 Å². The van der Waals surface area contributed by atoms with Gasteiger partial charge in [0.1, 0.15) is 5.76 Å². The lowest BCUT2D eigenvalue weighted by atomic mass is 9.94. The Kier molecular flexibility index (Phi) is 5.37. The summed E-state index contributed by atoms with van der Waals surface area (Å²) in [5.74, 6) is -1.71. The fourth-order valence-corrected chi connectivity index (χ4v) is 3.93. The van der Waals surface area contributed by atoms with Crippen LogP contribution in [0.2, 0.25) is 10.0 Å². The smallest absolute Gasteiger partial charge is 0.300 e. The van der Waals surface area contributed by atoms with Gasteiger partial charge in [-0.1, -0.05) is 83.4 Å². The summed E-state index contributed by atoms with van der Waals surface area (Å²) >= 11 is 12.2. The highest BCUT2D eigenvalue weighted by Crippen LogP contribution is 2.43. The number of rotatable bonds is 3. The summed E-state index contributed by atoms with van der Waals surface area (Å²) in [5, 5.41) is 11.6. The lowest BCUT2D eigenvalue weighted by molar-refractivity contribution is -0.132. The van der Waals surface area contributed by atoms with E-state index in [0.717, 1.165) is 5.56 Å². The zero-order valence-electron chi connectivity index (χ0n) is 16.0. The Hall–Kier alpha value is -3.08. The van der Waals surface area contributed by atoms with Gasteiger partial charge in [-0.3, -0.25) is 14.5 Å². The van der Waals surface area contributed by atoms with Gasteiger partial charge in [0.05, 0.1) is 21.7 Å². The molecule has 4 rings (SSSR count). The Balaban J connectivity index is 1.97. The Bertz CT molecular complexity index is 1190. The van der Waals surface area contributed by atoms with Gasteiger partial charge in [-0.15, -0.1) is 0 Å². The highest BCUT2D eigenvalue weighted by Gasteiger charge is 2.47. The number of hydrogen-bond donors (Lipinski definition) is 1. The van der Waals surface area contributed by atoms with Gasteiger partial charge in [-0.25, -0.2) is 0 Å². The molecule has 1 amide bonds. The van der Waals surface area contributed by atoms with E-state index in [1.807, 2.05) is 37.3 Å². The first-order valence-electron chi connectivity index (χ1n) is 9.26. The third-order valence-corrected chi connectivity index (χ3v) is 5.77.